The third-order valence-electron chi connectivity index (χ3n) is 2.51. The van der Waals surface area contributed by atoms with Gasteiger partial charge < -0.3 is 9.73 Å². The van der Waals surface area contributed by atoms with Crippen LogP contribution in [-0.4, -0.2) is 12.5 Å². The fourth-order valence-corrected chi connectivity index (χ4v) is 1.63. The topological polar surface area (TPSA) is 59.3 Å². The van der Waals surface area contributed by atoms with E-state index in [-0.39, 0.29) is 11.2 Å². The average Bonchev–Trinajstić information content (AvgIpc) is 2.36. The lowest BCUT2D eigenvalue weighted by molar-refractivity contribution is 0.0931. The van der Waals surface area contributed by atoms with Gasteiger partial charge in [-0.15, -0.1) is 6.58 Å². The van der Waals surface area contributed by atoms with Crippen LogP contribution in [0.2, 0.25) is 0 Å². The van der Waals surface area contributed by atoms with Crippen LogP contribution < -0.4 is 10.7 Å². The summed E-state index contributed by atoms with van der Waals surface area (Å²) in [5.74, 6) is -0.410. The molecule has 1 amide bonds. The maximum absolute atomic E-state index is 11.9. The van der Waals surface area contributed by atoms with Crippen LogP contribution >= 0.6 is 0 Å². The van der Waals surface area contributed by atoms with E-state index in [4.69, 9.17) is 4.42 Å². The third kappa shape index (κ3) is 2.32. The Bertz CT molecular complexity index is 670. The summed E-state index contributed by atoms with van der Waals surface area (Å²) in [4.78, 5) is 23.5. The zero-order valence-electron chi connectivity index (χ0n) is 10.0. The predicted molar refractivity (Wildman–Crippen MR) is 69.8 cm³/mol. The molecule has 0 radical (unpaired) electrons. The minimum Gasteiger partial charge on any atom is -0.451 e. The summed E-state index contributed by atoms with van der Waals surface area (Å²) in [7, 11) is 0. The monoisotopic (exact) mass is 243 g/mol. The second-order valence-corrected chi connectivity index (χ2v) is 3.97. The van der Waals surface area contributed by atoms with Crippen molar-refractivity contribution in [1.82, 2.24) is 5.32 Å². The first-order valence-corrected chi connectivity index (χ1v) is 5.55. The molecule has 0 saturated heterocycles. The SMILES string of the molecule is C=CCNC(=O)c1cc(=O)c2cc(C)ccc2o1. The molecule has 0 spiro atoms. The first-order chi connectivity index (χ1) is 8.61. The summed E-state index contributed by atoms with van der Waals surface area (Å²) in [6.07, 6.45) is 1.56. The Morgan fingerprint density at radius 2 is 2.22 bits per heavy atom. The maximum atomic E-state index is 11.9. The summed E-state index contributed by atoms with van der Waals surface area (Å²) in [5, 5.41) is 3.04. The van der Waals surface area contributed by atoms with E-state index in [0.29, 0.717) is 17.5 Å². The first kappa shape index (κ1) is 12.1. The van der Waals surface area contributed by atoms with Gasteiger partial charge >= 0.3 is 0 Å². The number of hydrogen-bond acceptors (Lipinski definition) is 3. The molecular formula is C14H13NO3. The van der Waals surface area contributed by atoms with Crippen molar-refractivity contribution in [3.8, 4) is 0 Å². The van der Waals surface area contributed by atoms with Crippen LogP contribution in [0.1, 0.15) is 16.1 Å². The van der Waals surface area contributed by atoms with E-state index in [1.54, 1.807) is 18.2 Å². The van der Waals surface area contributed by atoms with Gasteiger partial charge in [0.1, 0.15) is 5.58 Å². The summed E-state index contributed by atoms with van der Waals surface area (Å²) in [5.41, 5.74) is 1.17. The molecule has 1 aromatic carbocycles. The number of benzene rings is 1. The quantitative estimate of drug-likeness (QED) is 0.839. The number of carbonyl (C=O) groups is 1. The fraction of sp³-hybridized carbons (Fsp3) is 0.143. The lowest BCUT2D eigenvalue weighted by Gasteiger charge is -2.03. The van der Waals surface area contributed by atoms with E-state index in [9.17, 15) is 9.59 Å². The van der Waals surface area contributed by atoms with Gasteiger partial charge in [-0.2, -0.15) is 0 Å². The van der Waals surface area contributed by atoms with E-state index < -0.39 is 5.91 Å². The van der Waals surface area contributed by atoms with Crippen molar-refractivity contribution < 1.29 is 9.21 Å². The molecule has 92 valence electrons. The number of rotatable bonds is 3. The van der Waals surface area contributed by atoms with Crippen LogP contribution in [0.25, 0.3) is 11.0 Å². The molecule has 0 aliphatic rings. The van der Waals surface area contributed by atoms with Crippen molar-refractivity contribution in [2.24, 2.45) is 0 Å². The zero-order valence-corrected chi connectivity index (χ0v) is 10.0. The molecule has 4 heteroatoms. The van der Waals surface area contributed by atoms with Crippen LogP contribution in [0.5, 0.6) is 0 Å². The Labute approximate surface area is 104 Å². The Hall–Kier alpha value is -2.36. The largest absolute Gasteiger partial charge is 0.451 e. The third-order valence-corrected chi connectivity index (χ3v) is 2.51. The normalized spacial score (nSPS) is 10.3. The molecule has 0 fully saturated rings. The minimum absolute atomic E-state index is 0.0122. The van der Waals surface area contributed by atoms with Gasteiger partial charge in [0.15, 0.2) is 11.2 Å². The standard InChI is InChI=1S/C14H13NO3/c1-3-6-15-14(17)13-8-11(16)10-7-9(2)4-5-12(10)18-13/h3-5,7-8H,1,6H2,2H3,(H,15,17). The van der Waals surface area contributed by atoms with Gasteiger partial charge in [-0.3, -0.25) is 9.59 Å². The Balaban J connectivity index is 2.49. The number of hydrogen-bond donors (Lipinski definition) is 1. The van der Waals surface area contributed by atoms with Gasteiger partial charge in [-0.25, -0.2) is 0 Å². The molecule has 1 N–H and O–H groups in total. The molecule has 0 saturated carbocycles. The first-order valence-electron chi connectivity index (χ1n) is 5.55. The minimum atomic E-state index is -0.422. The molecular weight excluding hydrogens is 230 g/mol. The molecule has 1 heterocycles. The van der Waals surface area contributed by atoms with Crippen LogP contribution in [-0.2, 0) is 0 Å². The highest BCUT2D eigenvalue weighted by Gasteiger charge is 2.11. The van der Waals surface area contributed by atoms with E-state index in [1.807, 2.05) is 13.0 Å². The maximum Gasteiger partial charge on any atom is 0.287 e. The fourth-order valence-electron chi connectivity index (χ4n) is 1.63. The Morgan fingerprint density at radius 3 is 2.94 bits per heavy atom. The number of aryl methyl sites for hydroxylation is 1. The summed E-state index contributed by atoms with van der Waals surface area (Å²) >= 11 is 0. The van der Waals surface area contributed by atoms with E-state index in [0.717, 1.165) is 5.56 Å². The van der Waals surface area contributed by atoms with Gasteiger partial charge in [0, 0.05) is 12.6 Å². The zero-order chi connectivity index (χ0) is 13.1. The summed E-state index contributed by atoms with van der Waals surface area (Å²) < 4.78 is 5.41. The molecule has 2 rings (SSSR count). The number of nitrogens with one attached hydrogen (secondary N) is 1. The highest BCUT2D eigenvalue weighted by molar-refractivity contribution is 5.93. The van der Waals surface area contributed by atoms with E-state index in [2.05, 4.69) is 11.9 Å². The van der Waals surface area contributed by atoms with E-state index in [1.165, 1.54) is 6.07 Å². The summed E-state index contributed by atoms with van der Waals surface area (Å²) in [6, 6.07) is 6.47. The van der Waals surface area contributed by atoms with Gasteiger partial charge in [0.25, 0.3) is 5.91 Å². The summed E-state index contributed by atoms with van der Waals surface area (Å²) in [6.45, 7) is 5.72. The molecule has 0 bridgehead atoms. The van der Waals surface area contributed by atoms with Crippen molar-refractivity contribution in [2.75, 3.05) is 6.54 Å². The lowest BCUT2D eigenvalue weighted by Crippen LogP contribution is -2.24. The smallest absolute Gasteiger partial charge is 0.287 e. The van der Waals surface area contributed by atoms with Gasteiger partial charge in [0.2, 0.25) is 0 Å². The van der Waals surface area contributed by atoms with Gasteiger partial charge in [0.05, 0.1) is 5.39 Å². The molecule has 0 atom stereocenters. The van der Waals surface area contributed by atoms with Crippen molar-refractivity contribution in [3.05, 3.63) is 58.5 Å². The highest BCUT2D eigenvalue weighted by atomic mass is 16.3. The molecule has 0 unspecified atom stereocenters. The van der Waals surface area contributed by atoms with E-state index >= 15 is 0 Å². The predicted octanol–water partition coefficient (Wildman–Crippen LogP) is 2.02. The number of carbonyl (C=O) groups excluding carboxylic acids is 1. The van der Waals surface area contributed by atoms with Crippen molar-refractivity contribution >= 4 is 16.9 Å². The second-order valence-electron chi connectivity index (χ2n) is 3.97. The van der Waals surface area contributed by atoms with Crippen LogP contribution in [0.4, 0.5) is 0 Å². The van der Waals surface area contributed by atoms with Crippen molar-refractivity contribution in [1.29, 1.82) is 0 Å². The second kappa shape index (κ2) is 4.87. The van der Waals surface area contributed by atoms with Crippen LogP contribution in [0.3, 0.4) is 0 Å². The lowest BCUT2D eigenvalue weighted by atomic mass is 10.1. The highest BCUT2D eigenvalue weighted by Crippen LogP contribution is 2.13. The van der Waals surface area contributed by atoms with Crippen LogP contribution in [0.15, 0.2) is 46.1 Å². The Morgan fingerprint density at radius 1 is 1.44 bits per heavy atom. The van der Waals surface area contributed by atoms with Crippen LogP contribution in [0, 0.1) is 6.92 Å². The van der Waals surface area contributed by atoms with Gasteiger partial charge in [-0.05, 0) is 19.1 Å². The molecule has 2 aromatic rings. The van der Waals surface area contributed by atoms with Crippen molar-refractivity contribution in [3.63, 3.8) is 0 Å². The average molecular weight is 243 g/mol. The molecule has 1 aromatic heterocycles. The van der Waals surface area contributed by atoms with Gasteiger partial charge in [-0.1, -0.05) is 17.7 Å². The molecule has 4 nitrogen and oxygen atoms in total. The number of amides is 1. The number of fused-ring (bicyclic) bond motifs is 1. The molecule has 0 aliphatic heterocycles. The molecule has 18 heavy (non-hydrogen) atoms. The Kier molecular flexibility index (Phi) is 3.28. The van der Waals surface area contributed by atoms with Crippen molar-refractivity contribution in [2.45, 2.75) is 6.92 Å². The molecule has 0 aliphatic carbocycles.